The first-order valence-electron chi connectivity index (χ1n) is 5.60. The van der Waals surface area contributed by atoms with Crippen molar-refractivity contribution >= 4 is 45.8 Å². The maximum absolute atomic E-state index is 5.67. The number of fused-ring (bicyclic) bond motifs is 1. The molecule has 0 aliphatic carbocycles. The zero-order valence-corrected chi connectivity index (χ0v) is 11.7. The van der Waals surface area contributed by atoms with E-state index in [4.69, 9.17) is 4.42 Å². The van der Waals surface area contributed by atoms with Crippen LogP contribution < -0.4 is 0 Å². The van der Waals surface area contributed by atoms with E-state index in [1.807, 2.05) is 60.7 Å². The first kappa shape index (κ1) is 11.5. The van der Waals surface area contributed by atoms with Crippen LogP contribution in [0.3, 0.4) is 0 Å². The van der Waals surface area contributed by atoms with Crippen molar-refractivity contribution in [3.63, 3.8) is 0 Å². The van der Waals surface area contributed by atoms with Gasteiger partial charge in [0.2, 0.25) is 5.89 Å². The summed E-state index contributed by atoms with van der Waals surface area (Å²) in [5.74, 6) is 0.635. The van der Waals surface area contributed by atoms with Crippen LogP contribution in [-0.4, -0.2) is 4.98 Å². The molecule has 0 saturated carbocycles. The minimum absolute atomic E-state index is 0.635. The largest absolute Gasteiger partial charge is 0.437 e. The van der Waals surface area contributed by atoms with Gasteiger partial charge in [-0.2, -0.15) is 0 Å². The molecule has 3 aromatic rings. The van der Waals surface area contributed by atoms with Gasteiger partial charge in [-0.1, -0.05) is 30.3 Å². The lowest BCUT2D eigenvalue weighted by Gasteiger charge is -1.89. The molecule has 2 aromatic carbocycles. The molecule has 1 heterocycles. The SMILES string of the molecule is Ic1ccc2nc(/C=C/c3ccccc3)oc2c1. The van der Waals surface area contributed by atoms with Gasteiger partial charge in [0.15, 0.2) is 5.58 Å². The fourth-order valence-corrected chi connectivity index (χ4v) is 2.18. The van der Waals surface area contributed by atoms with Crippen LogP contribution in [0.25, 0.3) is 23.3 Å². The Morgan fingerprint density at radius 3 is 2.67 bits per heavy atom. The summed E-state index contributed by atoms with van der Waals surface area (Å²) >= 11 is 2.26. The molecule has 0 aliphatic heterocycles. The molecule has 1 aromatic heterocycles. The lowest BCUT2D eigenvalue weighted by Crippen LogP contribution is -1.71. The highest BCUT2D eigenvalue weighted by Crippen LogP contribution is 2.19. The molecule has 88 valence electrons. The van der Waals surface area contributed by atoms with E-state index in [1.165, 1.54) is 0 Å². The fourth-order valence-electron chi connectivity index (χ4n) is 1.72. The topological polar surface area (TPSA) is 26.0 Å². The second-order valence-corrected chi connectivity index (χ2v) is 5.15. The molecule has 0 N–H and O–H groups in total. The molecule has 0 fully saturated rings. The van der Waals surface area contributed by atoms with Crippen LogP contribution in [0.4, 0.5) is 0 Å². The third-order valence-electron chi connectivity index (χ3n) is 2.58. The number of oxazole rings is 1. The van der Waals surface area contributed by atoms with E-state index < -0.39 is 0 Å². The summed E-state index contributed by atoms with van der Waals surface area (Å²) < 4.78 is 6.82. The zero-order chi connectivity index (χ0) is 12.4. The van der Waals surface area contributed by atoms with Crippen LogP contribution in [0.2, 0.25) is 0 Å². The smallest absolute Gasteiger partial charge is 0.220 e. The summed E-state index contributed by atoms with van der Waals surface area (Å²) in [5.41, 5.74) is 2.85. The zero-order valence-electron chi connectivity index (χ0n) is 9.51. The number of nitrogens with zero attached hydrogens (tertiary/aromatic N) is 1. The molecule has 0 saturated heterocycles. The first-order valence-corrected chi connectivity index (χ1v) is 6.68. The van der Waals surface area contributed by atoms with E-state index in [-0.39, 0.29) is 0 Å². The normalized spacial score (nSPS) is 11.4. The highest BCUT2D eigenvalue weighted by atomic mass is 127. The maximum Gasteiger partial charge on any atom is 0.220 e. The standard InChI is InChI=1S/C15H10INO/c16-12-7-8-13-14(10-12)18-15(17-13)9-6-11-4-2-1-3-5-11/h1-10H/b9-6+. The molecular weight excluding hydrogens is 337 g/mol. The van der Waals surface area contributed by atoms with Crippen molar-refractivity contribution < 1.29 is 4.42 Å². The lowest BCUT2D eigenvalue weighted by molar-refractivity contribution is 0.589. The van der Waals surface area contributed by atoms with E-state index >= 15 is 0 Å². The summed E-state index contributed by atoms with van der Waals surface area (Å²) in [5, 5.41) is 0. The highest BCUT2D eigenvalue weighted by Gasteiger charge is 2.02. The van der Waals surface area contributed by atoms with E-state index in [2.05, 4.69) is 27.6 Å². The fraction of sp³-hybridized carbons (Fsp3) is 0. The Kier molecular flexibility index (Phi) is 3.15. The number of benzene rings is 2. The minimum atomic E-state index is 0.635. The van der Waals surface area contributed by atoms with Crippen molar-refractivity contribution in [1.29, 1.82) is 0 Å². The van der Waals surface area contributed by atoms with Gasteiger partial charge in [-0.3, -0.25) is 0 Å². The molecule has 0 amide bonds. The summed E-state index contributed by atoms with van der Waals surface area (Å²) in [6.07, 6.45) is 3.89. The quantitative estimate of drug-likeness (QED) is 0.633. The predicted octanol–water partition coefficient (Wildman–Crippen LogP) is 4.60. The van der Waals surface area contributed by atoms with Gasteiger partial charge in [-0.25, -0.2) is 4.98 Å². The summed E-state index contributed by atoms with van der Waals surface area (Å²) in [6.45, 7) is 0. The van der Waals surface area contributed by atoms with Gasteiger partial charge in [-0.15, -0.1) is 0 Å². The molecule has 0 aliphatic rings. The van der Waals surface area contributed by atoms with Gasteiger partial charge < -0.3 is 4.42 Å². The van der Waals surface area contributed by atoms with Crippen LogP contribution in [0.1, 0.15) is 11.5 Å². The maximum atomic E-state index is 5.67. The van der Waals surface area contributed by atoms with Crippen molar-refractivity contribution in [2.24, 2.45) is 0 Å². The molecule has 0 radical (unpaired) electrons. The van der Waals surface area contributed by atoms with E-state index in [0.29, 0.717) is 5.89 Å². The first-order chi connectivity index (χ1) is 8.81. The van der Waals surface area contributed by atoms with Gasteiger partial charge >= 0.3 is 0 Å². The predicted molar refractivity (Wildman–Crippen MR) is 82.1 cm³/mol. The second-order valence-electron chi connectivity index (χ2n) is 3.91. The van der Waals surface area contributed by atoms with Crippen molar-refractivity contribution in [3.05, 3.63) is 63.6 Å². The monoisotopic (exact) mass is 347 g/mol. The summed E-state index contributed by atoms with van der Waals surface area (Å²) in [7, 11) is 0. The van der Waals surface area contributed by atoms with Gasteiger partial charge in [-0.05, 0) is 52.4 Å². The third-order valence-corrected chi connectivity index (χ3v) is 3.26. The van der Waals surface area contributed by atoms with Crippen molar-refractivity contribution in [2.75, 3.05) is 0 Å². The second kappa shape index (κ2) is 4.94. The average Bonchev–Trinajstić information content (AvgIpc) is 2.79. The third kappa shape index (κ3) is 2.46. The lowest BCUT2D eigenvalue weighted by atomic mass is 10.2. The Morgan fingerprint density at radius 1 is 1.00 bits per heavy atom. The number of hydrogen-bond acceptors (Lipinski definition) is 2. The Hall–Kier alpha value is -1.62. The minimum Gasteiger partial charge on any atom is -0.437 e. The van der Waals surface area contributed by atoms with E-state index in [0.717, 1.165) is 20.2 Å². The summed E-state index contributed by atoms with van der Waals surface area (Å²) in [6, 6.07) is 16.1. The molecule has 0 spiro atoms. The molecule has 0 unspecified atom stereocenters. The van der Waals surface area contributed by atoms with Crippen LogP contribution in [-0.2, 0) is 0 Å². The molecule has 0 bridgehead atoms. The molecular formula is C15H10INO. The number of aromatic nitrogens is 1. The molecule has 18 heavy (non-hydrogen) atoms. The number of hydrogen-bond donors (Lipinski definition) is 0. The van der Waals surface area contributed by atoms with Gasteiger partial charge in [0.05, 0.1) is 0 Å². The van der Waals surface area contributed by atoms with Crippen molar-refractivity contribution in [3.8, 4) is 0 Å². The average molecular weight is 347 g/mol. The van der Waals surface area contributed by atoms with Crippen LogP contribution >= 0.6 is 22.6 Å². The van der Waals surface area contributed by atoms with Crippen molar-refractivity contribution in [1.82, 2.24) is 4.98 Å². The molecule has 3 rings (SSSR count). The Balaban J connectivity index is 1.93. The highest BCUT2D eigenvalue weighted by molar-refractivity contribution is 14.1. The Morgan fingerprint density at radius 2 is 1.83 bits per heavy atom. The number of rotatable bonds is 2. The van der Waals surface area contributed by atoms with Gasteiger partial charge in [0.25, 0.3) is 0 Å². The van der Waals surface area contributed by atoms with E-state index in [1.54, 1.807) is 0 Å². The Labute approximate surface area is 118 Å². The molecule has 0 atom stereocenters. The Bertz CT molecular complexity index is 701. The van der Waals surface area contributed by atoms with Gasteiger partial charge in [0, 0.05) is 9.65 Å². The van der Waals surface area contributed by atoms with Crippen molar-refractivity contribution in [2.45, 2.75) is 0 Å². The van der Waals surface area contributed by atoms with E-state index in [9.17, 15) is 0 Å². The molecule has 2 nitrogen and oxygen atoms in total. The number of halogens is 1. The summed E-state index contributed by atoms with van der Waals surface area (Å²) in [4.78, 5) is 4.41. The van der Waals surface area contributed by atoms with Crippen LogP contribution in [0, 0.1) is 3.57 Å². The van der Waals surface area contributed by atoms with Crippen LogP contribution in [0.15, 0.2) is 52.9 Å². The van der Waals surface area contributed by atoms with Crippen LogP contribution in [0.5, 0.6) is 0 Å². The van der Waals surface area contributed by atoms with Gasteiger partial charge in [0.1, 0.15) is 5.52 Å². The molecule has 3 heteroatoms.